The average Bonchev–Trinajstić information content (AvgIpc) is 2.27. The zero-order valence-electron chi connectivity index (χ0n) is 11.1. The number of benzene rings is 1. The molecule has 0 aliphatic rings. The van der Waals surface area contributed by atoms with Gasteiger partial charge in [0.2, 0.25) is 0 Å². The van der Waals surface area contributed by atoms with E-state index in [1.165, 1.54) is 0 Å². The maximum atomic E-state index is 10.8. The van der Waals surface area contributed by atoms with Gasteiger partial charge in [-0.25, -0.2) is 0 Å². The minimum absolute atomic E-state index is 0.0424. The summed E-state index contributed by atoms with van der Waals surface area (Å²) < 4.78 is 0. The Balaban J connectivity index is 3.06. The Bertz CT molecular complexity index is 511. The lowest BCUT2D eigenvalue weighted by atomic mass is 9.97. The number of allylic oxidation sites excluding steroid dienone is 2. The van der Waals surface area contributed by atoms with E-state index in [0.717, 1.165) is 16.7 Å². The summed E-state index contributed by atoms with van der Waals surface area (Å²) in [7, 11) is 0. The molecule has 1 aromatic rings. The van der Waals surface area contributed by atoms with E-state index in [1.54, 1.807) is 18.2 Å². The van der Waals surface area contributed by atoms with Crippen molar-refractivity contribution in [3.05, 3.63) is 46.5 Å². The predicted molar refractivity (Wildman–Crippen MR) is 72.3 cm³/mol. The van der Waals surface area contributed by atoms with Gasteiger partial charge < -0.3 is 10.2 Å². The number of aliphatic carboxylic acids is 2. The van der Waals surface area contributed by atoms with E-state index in [-0.39, 0.29) is 12.8 Å². The highest BCUT2D eigenvalue weighted by Gasteiger charge is 2.09. The molecule has 0 aliphatic carbocycles. The van der Waals surface area contributed by atoms with Gasteiger partial charge in [0.15, 0.2) is 0 Å². The average molecular weight is 262 g/mol. The van der Waals surface area contributed by atoms with Crippen LogP contribution in [0, 0.1) is 0 Å². The third-order valence-electron chi connectivity index (χ3n) is 2.70. The number of carbonyl (C=O) groups is 2. The standard InChI is InChI=1S/C15H18O4/c1-10(2)3-5-12-7-11(8-14(16)17)4-6-13(12)9-15(18)19/h3-4,6-7H,5,8-9H2,1-2H3,(H,16,17)(H,18,19). The highest BCUT2D eigenvalue weighted by atomic mass is 16.4. The fourth-order valence-electron chi connectivity index (χ4n) is 1.80. The van der Waals surface area contributed by atoms with Crippen LogP contribution in [0.15, 0.2) is 29.8 Å². The topological polar surface area (TPSA) is 74.6 Å². The van der Waals surface area contributed by atoms with E-state index < -0.39 is 11.9 Å². The molecule has 0 saturated heterocycles. The van der Waals surface area contributed by atoms with E-state index in [4.69, 9.17) is 10.2 Å². The zero-order valence-corrected chi connectivity index (χ0v) is 11.1. The molecule has 0 heterocycles. The summed E-state index contributed by atoms with van der Waals surface area (Å²) in [6, 6.07) is 5.17. The number of carboxylic acid groups (broad SMARTS) is 2. The van der Waals surface area contributed by atoms with Crippen molar-refractivity contribution in [2.24, 2.45) is 0 Å². The van der Waals surface area contributed by atoms with Crippen molar-refractivity contribution in [1.29, 1.82) is 0 Å². The lowest BCUT2D eigenvalue weighted by molar-refractivity contribution is -0.137. The zero-order chi connectivity index (χ0) is 14.4. The predicted octanol–water partition coefficient (Wildman–Crippen LogP) is 2.45. The molecule has 1 aromatic carbocycles. The number of hydrogen-bond acceptors (Lipinski definition) is 2. The molecule has 19 heavy (non-hydrogen) atoms. The highest BCUT2D eigenvalue weighted by molar-refractivity contribution is 5.72. The van der Waals surface area contributed by atoms with E-state index >= 15 is 0 Å². The van der Waals surface area contributed by atoms with E-state index in [0.29, 0.717) is 12.0 Å². The molecule has 0 saturated carbocycles. The fraction of sp³-hybridized carbons (Fsp3) is 0.333. The van der Waals surface area contributed by atoms with Crippen molar-refractivity contribution in [3.8, 4) is 0 Å². The van der Waals surface area contributed by atoms with Crippen LogP contribution in [-0.2, 0) is 28.9 Å². The molecular formula is C15H18O4. The number of hydrogen-bond donors (Lipinski definition) is 2. The molecule has 2 N–H and O–H groups in total. The number of rotatable bonds is 6. The molecule has 4 nitrogen and oxygen atoms in total. The van der Waals surface area contributed by atoms with Gasteiger partial charge in [0.05, 0.1) is 12.8 Å². The van der Waals surface area contributed by atoms with Crippen LogP contribution in [0.3, 0.4) is 0 Å². The second-order valence-corrected chi connectivity index (χ2v) is 4.73. The Morgan fingerprint density at radius 2 is 1.68 bits per heavy atom. The van der Waals surface area contributed by atoms with Crippen molar-refractivity contribution in [2.45, 2.75) is 33.1 Å². The minimum Gasteiger partial charge on any atom is -0.481 e. The maximum absolute atomic E-state index is 10.8. The molecule has 0 aromatic heterocycles. The Labute approximate surface area is 112 Å². The summed E-state index contributed by atoms with van der Waals surface area (Å²) in [5.41, 5.74) is 3.45. The lowest BCUT2D eigenvalue weighted by Crippen LogP contribution is -2.06. The Hall–Kier alpha value is -2.10. The van der Waals surface area contributed by atoms with Gasteiger partial charge in [-0.05, 0) is 37.0 Å². The van der Waals surface area contributed by atoms with Gasteiger partial charge in [0.25, 0.3) is 0 Å². The summed E-state index contributed by atoms with van der Waals surface area (Å²) >= 11 is 0. The van der Waals surface area contributed by atoms with Crippen molar-refractivity contribution < 1.29 is 19.8 Å². The van der Waals surface area contributed by atoms with Crippen molar-refractivity contribution >= 4 is 11.9 Å². The third-order valence-corrected chi connectivity index (χ3v) is 2.70. The third kappa shape index (κ3) is 5.38. The molecule has 102 valence electrons. The van der Waals surface area contributed by atoms with Gasteiger partial charge in [-0.1, -0.05) is 29.8 Å². The monoisotopic (exact) mass is 262 g/mol. The summed E-state index contributed by atoms with van der Waals surface area (Å²) in [6.07, 6.45) is 2.54. The van der Waals surface area contributed by atoms with E-state index in [2.05, 4.69) is 0 Å². The second kappa shape index (κ2) is 6.73. The largest absolute Gasteiger partial charge is 0.481 e. The molecule has 0 radical (unpaired) electrons. The normalized spacial score (nSPS) is 10.0. The minimum atomic E-state index is -0.890. The van der Waals surface area contributed by atoms with Crippen molar-refractivity contribution in [1.82, 2.24) is 0 Å². The van der Waals surface area contributed by atoms with Crippen LogP contribution in [0.1, 0.15) is 30.5 Å². The highest BCUT2D eigenvalue weighted by Crippen LogP contribution is 2.16. The Kier molecular flexibility index (Phi) is 5.30. The van der Waals surface area contributed by atoms with Crippen LogP contribution in [0.4, 0.5) is 0 Å². The van der Waals surface area contributed by atoms with E-state index in [1.807, 2.05) is 19.9 Å². The maximum Gasteiger partial charge on any atom is 0.307 e. The summed E-state index contributed by atoms with van der Waals surface area (Å²) in [5.74, 6) is -1.77. The first kappa shape index (κ1) is 15.0. The molecule has 0 bridgehead atoms. The molecule has 1 rings (SSSR count). The van der Waals surface area contributed by atoms with Crippen LogP contribution < -0.4 is 0 Å². The molecule has 4 heteroatoms. The molecule has 0 spiro atoms. The fourth-order valence-corrected chi connectivity index (χ4v) is 1.80. The smallest absolute Gasteiger partial charge is 0.307 e. The van der Waals surface area contributed by atoms with Crippen LogP contribution in [0.25, 0.3) is 0 Å². The quantitative estimate of drug-likeness (QED) is 0.772. The van der Waals surface area contributed by atoms with Crippen molar-refractivity contribution in [2.75, 3.05) is 0 Å². The molecular weight excluding hydrogens is 244 g/mol. The number of carboxylic acids is 2. The molecule has 0 fully saturated rings. The first-order valence-corrected chi connectivity index (χ1v) is 6.06. The first-order valence-electron chi connectivity index (χ1n) is 6.06. The summed E-state index contributed by atoms with van der Waals surface area (Å²) in [4.78, 5) is 21.5. The van der Waals surface area contributed by atoms with Gasteiger partial charge in [-0.2, -0.15) is 0 Å². The molecule has 0 unspecified atom stereocenters. The van der Waals surface area contributed by atoms with Crippen LogP contribution >= 0.6 is 0 Å². The van der Waals surface area contributed by atoms with Gasteiger partial charge in [0.1, 0.15) is 0 Å². The van der Waals surface area contributed by atoms with Gasteiger partial charge in [0, 0.05) is 0 Å². The van der Waals surface area contributed by atoms with Gasteiger partial charge in [-0.3, -0.25) is 9.59 Å². The van der Waals surface area contributed by atoms with Gasteiger partial charge in [-0.15, -0.1) is 0 Å². The molecule has 0 aliphatic heterocycles. The Morgan fingerprint density at radius 1 is 1.05 bits per heavy atom. The van der Waals surface area contributed by atoms with Crippen LogP contribution in [0.5, 0.6) is 0 Å². The summed E-state index contributed by atoms with van der Waals surface area (Å²) in [6.45, 7) is 3.94. The van der Waals surface area contributed by atoms with Crippen LogP contribution in [0.2, 0.25) is 0 Å². The SMILES string of the molecule is CC(C)=CCc1cc(CC(=O)O)ccc1CC(=O)O. The van der Waals surface area contributed by atoms with Gasteiger partial charge >= 0.3 is 11.9 Å². The lowest BCUT2D eigenvalue weighted by Gasteiger charge is -2.08. The molecule has 0 atom stereocenters. The molecule has 0 amide bonds. The van der Waals surface area contributed by atoms with E-state index in [9.17, 15) is 9.59 Å². The van der Waals surface area contributed by atoms with Crippen LogP contribution in [-0.4, -0.2) is 22.2 Å². The Morgan fingerprint density at radius 3 is 2.21 bits per heavy atom. The van der Waals surface area contributed by atoms with Crippen molar-refractivity contribution in [3.63, 3.8) is 0 Å². The first-order chi connectivity index (χ1) is 8.88. The second-order valence-electron chi connectivity index (χ2n) is 4.73. The summed E-state index contributed by atoms with van der Waals surface area (Å²) in [5, 5.41) is 17.7.